The van der Waals surface area contributed by atoms with Gasteiger partial charge in [0.05, 0.1) is 13.0 Å². The zero-order valence-corrected chi connectivity index (χ0v) is 9.02. The molecule has 0 saturated carbocycles. The molecule has 2 heterocycles. The number of carboxylic acid groups (broad SMARTS) is 1. The van der Waals surface area contributed by atoms with Crippen molar-refractivity contribution in [1.82, 2.24) is 4.90 Å². The molecule has 2 aliphatic rings. The fourth-order valence-electron chi connectivity index (χ4n) is 2.70. The number of carbonyl (C=O) groups is 1. The number of likely N-dealkylation sites (tertiary alicyclic amines) is 1. The van der Waals surface area contributed by atoms with Crippen LogP contribution in [0.5, 0.6) is 0 Å². The van der Waals surface area contributed by atoms with Crippen molar-refractivity contribution >= 4 is 5.97 Å². The summed E-state index contributed by atoms with van der Waals surface area (Å²) in [4.78, 5) is 13.2. The summed E-state index contributed by atoms with van der Waals surface area (Å²) in [5.41, 5.74) is 0. The molecule has 2 atom stereocenters. The maximum atomic E-state index is 10.9. The van der Waals surface area contributed by atoms with Crippen molar-refractivity contribution in [3.8, 4) is 0 Å². The summed E-state index contributed by atoms with van der Waals surface area (Å²) < 4.78 is 5.36. The van der Waals surface area contributed by atoms with Crippen molar-refractivity contribution in [2.75, 3.05) is 26.3 Å². The van der Waals surface area contributed by atoms with Crippen LogP contribution in [0.25, 0.3) is 0 Å². The Hall–Kier alpha value is -0.610. The van der Waals surface area contributed by atoms with Gasteiger partial charge in [-0.15, -0.1) is 0 Å². The Labute approximate surface area is 90.2 Å². The zero-order chi connectivity index (χ0) is 10.7. The summed E-state index contributed by atoms with van der Waals surface area (Å²) >= 11 is 0. The first-order valence-corrected chi connectivity index (χ1v) is 5.81. The Morgan fingerprint density at radius 2 is 2.20 bits per heavy atom. The minimum absolute atomic E-state index is 0.201. The van der Waals surface area contributed by atoms with Crippen molar-refractivity contribution in [2.24, 2.45) is 5.92 Å². The van der Waals surface area contributed by atoms with E-state index in [0.717, 1.165) is 32.7 Å². The van der Waals surface area contributed by atoms with Crippen molar-refractivity contribution in [1.29, 1.82) is 0 Å². The molecule has 0 aromatic carbocycles. The molecular weight excluding hydrogens is 194 g/mol. The highest BCUT2D eigenvalue weighted by Gasteiger charge is 2.33. The molecule has 2 saturated heterocycles. The molecular formula is C11H19NO3. The Balaban J connectivity index is 1.97. The maximum absolute atomic E-state index is 10.9. The van der Waals surface area contributed by atoms with E-state index in [2.05, 4.69) is 4.90 Å². The summed E-state index contributed by atoms with van der Waals surface area (Å²) in [6.07, 6.45) is 3.72. The van der Waals surface area contributed by atoms with Gasteiger partial charge in [0, 0.05) is 18.6 Å². The summed E-state index contributed by atoms with van der Waals surface area (Å²) in [6.45, 7) is 3.67. The molecule has 0 aliphatic carbocycles. The lowest BCUT2D eigenvalue weighted by atomic mass is 9.95. The van der Waals surface area contributed by atoms with Gasteiger partial charge in [0.15, 0.2) is 0 Å². The van der Waals surface area contributed by atoms with Gasteiger partial charge in [-0.25, -0.2) is 0 Å². The molecule has 1 N–H and O–H groups in total. The molecule has 0 aromatic heterocycles. The van der Waals surface area contributed by atoms with Crippen LogP contribution < -0.4 is 0 Å². The third-order valence-corrected chi connectivity index (χ3v) is 3.50. The Morgan fingerprint density at radius 3 is 2.73 bits per heavy atom. The number of aliphatic carboxylic acids is 1. The average molecular weight is 213 g/mol. The average Bonchev–Trinajstić information content (AvgIpc) is 2.87. The highest BCUT2D eigenvalue weighted by atomic mass is 16.5. The summed E-state index contributed by atoms with van der Waals surface area (Å²) in [5, 5.41) is 8.94. The van der Waals surface area contributed by atoms with Gasteiger partial charge >= 0.3 is 5.97 Å². The van der Waals surface area contributed by atoms with E-state index < -0.39 is 5.97 Å². The number of carboxylic acids is 1. The van der Waals surface area contributed by atoms with E-state index in [4.69, 9.17) is 9.84 Å². The second kappa shape index (κ2) is 4.94. The summed E-state index contributed by atoms with van der Waals surface area (Å²) in [7, 11) is 0. The van der Waals surface area contributed by atoms with E-state index >= 15 is 0 Å². The van der Waals surface area contributed by atoms with Gasteiger partial charge < -0.3 is 9.84 Å². The Kier molecular flexibility index (Phi) is 3.59. The van der Waals surface area contributed by atoms with E-state index in [9.17, 15) is 4.79 Å². The van der Waals surface area contributed by atoms with Crippen LogP contribution in [0.2, 0.25) is 0 Å². The molecule has 0 aromatic rings. The van der Waals surface area contributed by atoms with Crippen LogP contribution in [0.15, 0.2) is 0 Å². The molecule has 4 nitrogen and oxygen atoms in total. The normalized spacial score (nSPS) is 29.5. The van der Waals surface area contributed by atoms with Gasteiger partial charge in [-0.2, -0.15) is 0 Å². The lowest BCUT2D eigenvalue weighted by Gasteiger charge is -2.30. The maximum Gasteiger partial charge on any atom is 0.304 e. The van der Waals surface area contributed by atoms with Crippen LogP contribution in [0.3, 0.4) is 0 Å². The first kappa shape index (κ1) is 10.9. The first-order chi connectivity index (χ1) is 7.27. The van der Waals surface area contributed by atoms with Crippen LogP contribution in [-0.4, -0.2) is 48.3 Å². The summed E-state index contributed by atoms with van der Waals surface area (Å²) in [5.74, 6) is -0.252. The van der Waals surface area contributed by atoms with Crippen molar-refractivity contribution in [2.45, 2.75) is 31.7 Å². The lowest BCUT2D eigenvalue weighted by Crippen LogP contribution is -2.40. The third kappa shape index (κ3) is 2.69. The van der Waals surface area contributed by atoms with E-state index in [-0.39, 0.29) is 12.5 Å². The molecule has 2 aliphatic heterocycles. The van der Waals surface area contributed by atoms with Gasteiger partial charge in [0.1, 0.15) is 0 Å². The molecule has 0 bridgehead atoms. The predicted molar refractivity (Wildman–Crippen MR) is 55.8 cm³/mol. The van der Waals surface area contributed by atoms with Gasteiger partial charge in [0.25, 0.3) is 0 Å². The Bertz CT molecular complexity index is 204. The van der Waals surface area contributed by atoms with Crippen LogP contribution in [0, 0.1) is 5.92 Å². The fourth-order valence-corrected chi connectivity index (χ4v) is 2.70. The monoisotopic (exact) mass is 213 g/mol. The predicted octanol–water partition coefficient (Wildman–Crippen LogP) is 0.962. The van der Waals surface area contributed by atoms with Crippen LogP contribution in [-0.2, 0) is 9.53 Å². The minimum atomic E-state index is -0.682. The molecule has 2 fully saturated rings. The quantitative estimate of drug-likeness (QED) is 0.755. The zero-order valence-electron chi connectivity index (χ0n) is 9.02. The second-order valence-corrected chi connectivity index (χ2v) is 4.53. The topological polar surface area (TPSA) is 49.8 Å². The molecule has 4 heteroatoms. The van der Waals surface area contributed by atoms with E-state index in [1.165, 1.54) is 12.8 Å². The smallest absolute Gasteiger partial charge is 0.304 e. The van der Waals surface area contributed by atoms with E-state index in [0.29, 0.717) is 5.92 Å². The lowest BCUT2D eigenvalue weighted by molar-refractivity contribution is -0.138. The molecule has 86 valence electrons. The summed E-state index contributed by atoms with van der Waals surface area (Å²) in [6, 6.07) is 0.201. The van der Waals surface area contributed by atoms with E-state index in [1.807, 2.05) is 0 Å². The van der Waals surface area contributed by atoms with Gasteiger partial charge in [-0.1, -0.05) is 0 Å². The van der Waals surface area contributed by atoms with Crippen molar-refractivity contribution in [3.05, 3.63) is 0 Å². The van der Waals surface area contributed by atoms with Gasteiger partial charge in [-0.05, 0) is 32.4 Å². The Morgan fingerprint density at radius 1 is 1.47 bits per heavy atom. The minimum Gasteiger partial charge on any atom is -0.481 e. The fraction of sp³-hybridized carbons (Fsp3) is 0.909. The van der Waals surface area contributed by atoms with Gasteiger partial charge in [-0.3, -0.25) is 9.69 Å². The van der Waals surface area contributed by atoms with Crippen molar-refractivity contribution in [3.63, 3.8) is 0 Å². The van der Waals surface area contributed by atoms with Crippen LogP contribution in [0.1, 0.15) is 25.7 Å². The number of hydrogen-bond acceptors (Lipinski definition) is 3. The molecule has 2 rings (SSSR count). The SMILES string of the molecule is O=C(O)CC(C1CCOC1)N1CCCC1. The molecule has 0 spiro atoms. The highest BCUT2D eigenvalue weighted by Crippen LogP contribution is 2.26. The largest absolute Gasteiger partial charge is 0.481 e. The van der Waals surface area contributed by atoms with E-state index in [1.54, 1.807) is 0 Å². The second-order valence-electron chi connectivity index (χ2n) is 4.53. The number of ether oxygens (including phenoxy) is 1. The van der Waals surface area contributed by atoms with Crippen molar-refractivity contribution < 1.29 is 14.6 Å². The van der Waals surface area contributed by atoms with Gasteiger partial charge in [0.2, 0.25) is 0 Å². The number of hydrogen-bond donors (Lipinski definition) is 1. The third-order valence-electron chi connectivity index (χ3n) is 3.50. The van der Waals surface area contributed by atoms with Crippen LogP contribution >= 0.6 is 0 Å². The number of rotatable bonds is 4. The van der Waals surface area contributed by atoms with Crippen LogP contribution in [0.4, 0.5) is 0 Å². The number of nitrogens with zero attached hydrogens (tertiary/aromatic N) is 1. The molecule has 0 amide bonds. The molecule has 2 unspecified atom stereocenters. The highest BCUT2D eigenvalue weighted by molar-refractivity contribution is 5.67. The molecule has 15 heavy (non-hydrogen) atoms. The first-order valence-electron chi connectivity index (χ1n) is 5.81. The standard InChI is InChI=1S/C11H19NO3/c13-11(14)7-10(9-3-6-15-8-9)12-4-1-2-5-12/h9-10H,1-8H2,(H,13,14). The molecule has 0 radical (unpaired) electrons.